The van der Waals surface area contributed by atoms with E-state index >= 15 is 0 Å². The summed E-state index contributed by atoms with van der Waals surface area (Å²) in [6.45, 7) is 1.32. The number of carbonyl (C=O) groups is 2. The van der Waals surface area contributed by atoms with Crippen molar-refractivity contribution < 1.29 is 19.1 Å². The highest BCUT2D eigenvalue weighted by Crippen LogP contribution is 2.16. The summed E-state index contributed by atoms with van der Waals surface area (Å²) in [5.74, 6) is -0.313. The third-order valence-corrected chi connectivity index (χ3v) is 2.19. The van der Waals surface area contributed by atoms with Crippen LogP contribution in [0.2, 0.25) is 0 Å². The fourth-order valence-electron chi connectivity index (χ4n) is 1.31. The minimum atomic E-state index is -0.639. The van der Waals surface area contributed by atoms with Crippen LogP contribution in [-0.4, -0.2) is 26.0 Å². The third kappa shape index (κ3) is 3.45. The number of Topliss-reactive ketones (excluding diaryl/α,β-unsaturated/α-hetero) is 1. The van der Waals surface area contributed by atoms with Crippen LogP contribution in [0.3, 0.4) is 0 Å². The predicted molar refractivity (Wildman–Crippen MR) is 63.7 cm³/mol. The van der Waals surface area contributed by atoms with E-state index in [0.717, 1.165) is 0 Å². The topological polar surface area (TPSA) is 52.6 Å². The Labute approximate surface area is 99.8 Å². The van der Waals surface area contributed by atoms with Gasteiger partial charge in [-0.15, -0.1) is 0 Å². The number of esters is 1. The zero-order valence-electron chi connectivity index (χ0n) is 10.0. The van der Waals surface area contributed by atoms with Crippen LogP contribution in [0.1, 0.15) is 12.5 Å². The maximum atomic E-state index is 11.4. The molecule has 1 aromatic carbocycles. The molecule has 0 saturated carbocycles. The average molecular weight is 234 g/mol. The van der Waals surface area contributed by atoms with E-state index in [1.54, 1.807) is 31.4 Å². The van der Waals surface area contributed by atoms with Crippen molar-refractivity contribution in [2.24, 2.45) is 0 Å². The molecule has 0 radical (unpaired) electrons. The van der Waals surface area contributed by atoms with Gasteiger partial charge in [0.2, 0.25) is 0 Å². The molecule has 0 aliphatic rings. The number of methoxy groups -OCH3 is 2. The van der Waals surface area contributed by atoms with Crippen molar-refractivity contribution in [1.82, 2.24) is 0 Å². The highest BCUT2D eigenvalue weighted by atomic mass is 16.5. The van der Waals surface area contributed by atoms with Gasteiger partial charge in [0, 0.05) is 0 Å². The zero-order valence-corrected chi connectivity index (χ0v) is 10.0. The van der Waals surface area contributed by atoms with Crippen LogP contribution in [0.25, 0.3) is 6.08 Å². The molecule has 1 aromatic rings. The lowest BCUT2D eigenvalue weighted by atomic mass is 10.1. The lowest BCUT2D eigenvalue weighted by Gasteiger charge is -2.03. The molecule has 90 valence electrons. The first-order valence-corrected chi connectivity index (χ1v) is 5.03. The summed E-state index contributed by atoms with van der Waals surface area (Å²) in [5.41, 5.74) is 0.723. The molecule has 0 fully saturated rings. The minimum absolute atomic E-state index is 0.0146. The Morgan fingerprint density at radius 1 is 1.24 bits per heavy atom. The van der Waals surface area contributed by atoms with Gasteiger partial charge in [-0.05, 0) is 30.7 Å². The molecule has 0 saturated heterocycles. The van der Waals surface area contributed by atoms with E-state index in [9.17, 15) is 9.59 Å². The minimum Gasteiger partial charge on any atom is -0.497 e. The second kappa shape index (κ2) is 5.84. The quantitative estimate of drug-likeness (QED) is 0.345. The molecular formula is C13H14O4. The van der Waals surface area contributed by atoms with E-state index in [0.29, 0.717) is 11.3 Å². The van der Waals surface area contributed by atoms with Gasteiger partial charge in [0.1, 0.15) is 11.3 Å². The highest BCUT2D eigenvalue weighted by Gasteiger charge is 2.14. The fourth-order valence-corrected chi connectivity index (χ4v) is 1.31. The van der Waals surface area contributed by atoms with Gasteiger partial charge in [-0.2, -0.15) is 0 Å². The molecule has 1 rings (SSSR count). The standard InChI is InChI=1S/C13H14O4/c1-9(14)12(13(15)17-3)8-10-5-4-6-11(7-10)16-2/h4-8H,1-3H3/b12-8-. The predicted octanol–water partition coefficient (Wildman–Crippen LogP) is 1.84. The van der Waals surface area contributed by atoms with Crippen molar-refractivity contribution in [2.75, 3.05) is 14.2 Å². The molecule has 0 aliphatic heterocycles. The lowest BCUT2D eigenvalue weighted by Crippen LogP contribution is -2.11. The first kappa shape index (κ1) is 13.0. The van der Waals surface area contributed by atoms with Crippen LogP contribution in [0.15, 0.2) is 29.8 Å². The van der Waals surface area contributed by atoms with Crippen LogP contribution < -0.4 is 4.74 Å². The SMILES string of the molecule is COC(=O)/C(=C\c1cccc(OC)c1)C(C)=O. The van der Waals surface area contributed by atoms with Crippen molar-refractivity contribution in [3.05, 3.63) is 35.4 Å². The van der Waals surface area contributed by atoms with Gasteiger partial charge in [0.15, 0.2) is 5.78 Å². The van der Waals surface area contributed by atoms with Gasteiger partial charge >= 0.3 is 5.97 Å². The smallest absolute Gasteiger partial charge is 0.341 e. The second-order valence-corrected chi connectivity index (χ2v) is 3.38. The molecule has 4 nitrogen and oxygen atoms in total. The number of ether oxygens (including phenoxy) is 2. The van der Waals surface area contributed by atoms with Crippen LogP contribution >= 0.6 is 0 Å². The average Bonchev–Trinajstić information content (AvgIpc) is 2.35. The van der Waals surface area contributed by atoms with Crippen molar-refractivity contribution in [1.29, 1.82) is 0 Å². The van der Waals surface area contributed by atoms with Gasteiger partial charge < -0.3 is 9.47 Å². The van der Waals surface area contributed by atoms with Gasteiger partial charge in [-0.3, -0.25) is 4.79 Å². The molecule has 4 heteroatoms. The number of rotatable bonds is 4. The fraction of sp³-hybridized carbons (Fsp3) is 0.231. The number of hydrogen-bond acceptors (Lipinski definition) is 4. The molecule has 0 aromatic heterocycles. The van der Waals surface area contributed by atoms with Crippen LogP contribution in [-0.2, 0) is 14.3 Å². The zero-order chi connectivity index (χ0) is 12.8. The third-order valence-electron chi connectivity index (χ3n) is 2.19. The largest absolute Gasteiger partial charge is 0.497 e. The first-order valence-electron chi connectivity index (χ1n) is 5.03. The van der Waals surface area contributed by atoms with Crippen LogP contribution in [0, 0.1) is 0 Å². The van der Waals surface area contributed by atoms with Gasteiger partial charge in [0.25, 0.3) is 0 Å². The van der Waals surface area contributed by atoms with E-state index in [2.05, 4.69) is 4.74 Å². The molecule has 0 N–H and O–H groups in total. The highest BCUT2D eigenvalue weighted by molar-refractivity contribution is 6.19. The Morgan fingerprint density at radius 2 is 1.94 bits per heavy atom. The summed E-state index contributed by atoms with van der Waals surface area (Å²) < 4.78 is 9.60. The molecule has 0 spiro atoms. The number of hydrogen-bond donors (Lipinski definition) is 0. The number of carbonyl (C=O) groups excluding carboxylic acids is 2. The summed E-state index contributed by atoms with van der Waals surface area (Å²) in [7, 11) is 2.79. The van der Waals surface area contributed by atoms with Crippen molar-refractivity contribution in [3.8, 4) is 5.75 Å². The van der Waals surface area contributed by atoms with Gasteiger partial charge in [0.05, 0.1) is 14.2 Å². The molecule has 0 atom stereocenters. The summed E-state index contributed by atoms with van der Waals surface area (Å²) in [6, 6.07) is 7.06. The summed E-state index contributed by atoms with van der Waals surface area (Å²) in [6.07, 6.45) is 1.48. The maximum absolute atomic E-state index is 11.4. The molecule has 0 bridgehead atoms. The molecule has 0 aliphatic carbocycles. The summed E-state index contributed by atoms with van der Waals surface area (Å²) in [4.78, 5) is 22.7. The monoisotopic (exact) mass is 234 g/mol. The lowest BCUT2D eigenvalue weighted by molar-refractivity contribution is -0.137. The second-order valence-electron chi connectivity index (χ2n) is 3.38. The Morgan fingerprint density at radius 3 is 2.47 bits per heavy atom. The Bertz CT molecular complexity index is 460. The first-order chi connectivity index (χ1) is 8.08. The van der Waals surface area contributed by atoms with Crippen LogP contribution in [0.4, 0.5) is 0 Å². The van der Waals surface area contributed by atoms with Crippen molar-refractivity contribution in [2.45, 2.75) is 6.92 Å². The van der Waals surface area contributed by atoms with Crippen molar-refractivity contribution in [3.63, 3.8) is 0 Å². The van der Waals surface area contributed by atoms with E-state index in [1.165, 1.54) is 20.1 Å². The molecular weight excluding hydrogens is 220 g/mol. The molecule has 0 heterocycles. The van der Waals surface area contributed by atoms with Gasteiger partial charge in [-0.25, -0.2) is 4.79 Å². The molecule has 0 unspecified atom stereocenters. The normalized spacial score (nSPS) is 10.9. The number of ketones is 1. The van der Waals surface area contributed by atoms with E-state index < -0.39 is 5.97 Å². The van der Waals surface area contributed by atoms with E-state index in [-0.39, 0.29) is 11.4 Å². The van der Waals surface area contributed by atoms with E-state index in [4.69, 9.17) is 4.74 Å². The molecule has 17 heavy (non-hydrogen) atoms. The molecule has 0 amide bonds. The van der Waals surface area contributed by atoms with E-state index in [1.807, 2.05) is 0 Å². The Hall–Kier alpha value is -2.10. The summed E-state index contributed by atoms with van der Waals surface area (Å²) in [5, 5.41) is 0. The summed E-state index contributed by atoms with van der Waals surface area (Å²) >= 11 is 0. The van der Waals surface area contributed by atoms with Crippen molar-refractivity contribution >= 4 is 17.8 Å². The maximum Gasteiger partial charge on any atom is 0.341 e. The van der Waals surface area contributed by atoms with Gasteiger partial charge in [-0.1, -0.05) is 12.1 Å². The Kier molecular flexibility index (Phi) is 4.46. The van der Waals surface area contributed by atoms with Crippen LogP contribution in [0.5, 0.6) is 5.75 Å². The Balaban J connectivity index is 3.12. The number of benzene rings is 1.